The lowest BCUT2D eigenvalue weighted by atomic mass is 10.2. The van der Waals surface area contributed by atoms with Gasteiger partial charge in [-0.05, 0) is 25.2 Å². The van der Waals surface area contributed by atoms with E-state index in [4.69, 9.17) is 9.47 Å². The molecule has 0 aliphatic rings. The van der Waals surface area contributed by atoms with Crippen LogP contribution in [-0.2, 0) is 6.54 Å². The summed E-state index contributed by atoms with van der Waals surface area (Å²) in [5.74, 6) is -1.27. The van der Waals surface area contributed by atoms with E-state index in [1.54, 1.807) is 0 Å². The number of halogens is 2. The Labute approximate surface area is 122 Å². The molecule has 0 amide bonds. The topological polar surface area (TPSA) is 30.5 Å². The van der Waals surface area contributed by atoms with Gasteiger partial charge in [0.25, 0.3) is 0 Å². The Kier molecular flexibility index (Phi) is 5.51. The lowest BCUT2D eigenvalue weighted by Crippen LogP contribution is -2.12. The Morgan fingerprint density at radius 2 is 1.57 bits per heavy atom. The minimum atomic E-state index is -0.979. The van der Waals surface area contributed by atoms with Gasteiger partial charge < -0.3 is 14.8 Å². The first-order chi connectivity index (χ1) is 10.2. The molecule has 0 saturated carbocycles. The zero-order valence-corrected chi connectivity index (χ0v) is 11.7. The molecule has 0 atom stereocenters. The third-order valence-electron chi connectivity index (χ3n) is 2.85. The highest BCUT2D eigenvalue weighted by Crippen LogP contribution is 2.20. The minimum absolute atomic E-state index is 0.109. The molecule has 0 heterocycles. The highest BCUT2D eigenvalue weighted by atomic mass is 19.2. The lowest BCUT2D eigenvalue weighted by molar-refractivity contribution is 0.208. The van der Waals surface area contributed by atoms with E-state index in [1.165, 1.54) is 12.1 Å². The molecule has 0 fully saturated rings. The van der Waals surface area contributed by atoms with Crippen molar-refractivity contribution in [3.63, 3.8) is 0 Å². The third kappa shape index (κ3) is 4.16. The van der Waals surface area contributed by atoms with Crippen LogP contribution in [0.3, 0.4) is 0 Å². The standard InChI is InChI=1S/C16H17F2NO2/c1-19-11-12-5-2-3-7-14(12)20-9-10-21-15-8-4-6-13(17)16(15)18/h2-8,19H,9-11H2,1H3. The van der Waals surface area contributed by atoms with Crippen LogP contribution in [0.2, 0.25) is 0 Å². The van der Waals surface area contributed by atoms with Crippen LogP contribution in [0.25, 0.3) is 0 Å². The van der Waals surface area contributed by atoms with Crippen molar-refractivity contribution in [1.29, 1.82) is 0 Å². The molecule has 0 aromatic heterocycles. The van der Waals surface area contributed by atoms with Crippen molar-refractivity contribution in [2.45, 2.75) is 6.54 Å². The molecule has 21 heavy (non-hydrogen) atoms. The predicted octanol–water partition coefficient (Wildman–Crippen LogP) is 3.14. The van der Waals surface area contributed by atoms with Crippen LogP contribution < -0.4 is 14.8 Å². The SMILES string of the molecule is CNCc1ccccc1OCCOc1cccc(F)c1F. The molecule has 5 heteroatoms. The number of para-hydroxylation sites is 1. The normalized spacial score (nSPS) is 10.4. The van der Waals surface area contributed by atoms with Crippen LogP contribution in [0.4, 0.5) is 8.78 Å². The van der Waals surface area contributed by atoms with Crippen molar-refractivity contribution in [3.05, 3.63) is 59.7 Å². The van der Waals surface area contributed by atoms with Crippen molar-refractivity contribution < 1.29 is 18.3 Å². The van der Waals surface area contributed by atoms with Gasteiger partial charge >= 0.3 is 0 Å². The summed E-state index contributed by atoms with van der Waals surface area (Å²) in [5.41, 5.74) is 1.02. The maximum atomic E-state index is 13.4. The van der Waals surface area contributed by atoms with Crippen LogP contribution >= 0.6 is 0 Å². The molecule has 0 unspecified atom stereocenters. The van der Waals surface area contributed by atoms with Gasteiger partial charge in [-0.15, -0.1) is 0 Å². The van der Waals surface area contributed by atoms with Gasteiger partial charge in [0.1, 0.15) is 19.0 Å². The van der Waals surface area contributed by atoms with E-state index in [0.717, 1.165) is 17.4 Å². The number of ether oxygens (including phenoxy) is 2. The Hall–Kier alpha value is -2.14. The Morgan fingerprint density at radius 3 is 2.33 bits per heavy atom. The Balaban J connectivity index is 1.86. The predicted molar refractivity (Wildman–Crippen MR) is 76.6 cm³/mol. The zero-order chi connectivity index (χ0) is 15.1. The summed E-state index contributed by atoms with van der Waals surface area (Å²) in [6.45, 7) is 1.07. The first-order valence-electron chi connectivity index (χ1n) is 6.64. The van der Waals surface area contributed by atoms with Gasteiger partial charge in [-0.25, -0.2) is 4.39 Å². The summed E-state index contributed by atoms with van der Waals surface area (Å²) in [4.78, 5) is 0. The van der Waals surface area contributed by atoms with Crippen molar-refractivity contribution in [1.82, 2.24) is 5.32 Å². The third-order valence-corrected chi connectivity index (χ3v) is 2.85. The van der Waals surface area contributed by atoms with Gasteiger partial charge in [0.15, 0.2) is 11.6 Å². The number of benzene rings is 2. The average molecular weight is 293 g/mol. The molecule has 3 nitrogen and oxygen atoms in total. The second-order valence-electron chi connectivity index (χ2n) is 4.39. The Morgan fingerprint density at radius 1 is 0.905 bits per heavy atom. The summed E-state index contributed by atoms with van der Waals surface area (Å²) < 4.78 is 37.1. The van der Waals surface area contributed by atoms with Crippen LogP contribution in [0.5, 0.6) is 11.5 Å². The molecular formula is C16H17F2NO2. The number of hydrogen-bond acceptors (Lipinski definition) is 3. The molecule has 1 N–H and O–H groups in total. The van der Waals surface area contributed by atoms with Crippen LogP contribution in [-0.4, -0.2) is 20.3 Å². The summed E-state index contributed by atoms with van der Waals surface area (Å²) in [5, 5.41) is 3.05. The summed E-state index contributed by atoms with van der Waals surface area (Å²) >= 11 is 0. The fourth-order valence-corrected chi connectivity index (χ4v) is 1.88. The van der Waals surface area contributed by atoms with Gasteiger partial charge in [0.05, 0.1) is 0 Å². The van der Waals surface area contributed by atoms with Gasteiger partial charge in [-0.2, -0.15) is 4.39 Å². The van der Waals surface area contributed by atoms with E-state index < -0.39 is 11.6 Å². The lowest BCUT2D eigenvalue weighted by Gasteiger charge is -2.12. The molecule has 2 aromatic carbocycles. The summed E-state index contributed by atoms with van der Waals surface area (Å²) in [6.07, 6.45) is 0. The first kappa shape index (κ1) is 15.3. The summed E-state index contributed by atoms with van der Waals surface area (Å²) in [6, 6.07) is 11.4. The molecule has 0 bridgehead atoms. The number of hydrogen-bond donors (Lipinski definition) is 1. The molecule has 0 aliphatic heterocycles. The maximum absolute atomic E-state index is 13.4. The number of nitrogens with one attached hydrogen (secondary N) is 1. The largest absolute Gasteiger partial charge is 0.490 e. The highest BCUT2D eigenvalue weighted by Gasteiger charge is 2.08. The molecule has 0 spiro atoms. The monoisotopic (exact) mass is 293 g/mol. The second-order valence-corrected chi connectivity index (χ2v) is 4.39. The maximum Gasteiger partial charge on any atom is 0.200 e. The van der Waals surface area contributed by atoms with Crippen LogP contribution in [0.15, 0.2) is 42.5 Å². The van der Waals surface area contributed by atoms with Gasteiger partial charge in [0, 0.05) is 12.1 Å². The summed E-state index contributed by atoms with van der Waals surface area (Å²) in [7, 11) is 1.85. The highest BCUT2D eigenvalue weighted by molar-refractivity contribution is 5.33. The van der Waals surface area contributed by atoms with Crippen molar-refractivity contribution in [3.8, 4) is 11.5 Å². The van der Waals surface area contributed by atoms with E-state index >= 15 is 0 Å². The van der Waals surface area contributed by atoms with Gasteiger partial charge in [-0.1, -0.05) is 24.3 Å². The molecule has 112 valence electrons. The van der Waals surface area contributed by atoms with E-state index in [2.05, 4.69) is 5.32 Å². The molecule has 0 radical (unpaired) electrons. The van der Waals surface area contributed by atoms with Crippen LogP contribution in [0, 0.1) is 11.6 Å². The van der Waals surface area contributed by atoms with E-state index in [-0.39, 0.29) is 19.0 Å². The first-order valence-corrected chi connectivity index (χ1v) is 6.64. The number of rotatable bonds is 7. The average Bonchev–Trinajstić information content (AvgIpc) is 2.49. The molecule has 0 saturated heterocycles. The van der Waals surface area contributed by atoms with E-state index in [9.17, 15) is 8.78 Å². The smallest absolute Gasteiger partial charge is 0.200 e. The quantitative estimate of drug-likeness (QED) is 0.796. The Bertz CT molecular complexity index is 590. The molecular weight excluding hydrogens is 276 g/mol. The van der Waals surface area contributed by atoms with E-state index in [1.807, 2.05) is 31.3 Å². The minimum Gasteiger partial charge on any atom is -0.490 e. The van der Waals surface area contributed by atoms with Crippen LogP contribution in [0.1, 0.15) is 5.56 Å². The zero-order valence-electron chi connectivity index (χ0n) is 11.7. The fourth-order valence-electron chi connectivity index (χ4n) is 1.88. The van der Waals surface area contributed by atoms with Crippen molar-refractivity contribution >= 4 is 0 Å². The fraction of sp³-hybridized carbons (Fsp3) is 0.250. The van der Waals surface area contributed by atoms with Crippen molar-refractivity contribution in [2.24, 2.45) is 0 Å². The van der Waals surface area contributed by atoms with Gasteiger partial charge in [-0.3, -0.25) is 0 Å². The molecule has 2 rings (SSSR count). The van der Waals surface area contributed by atoms with E-state index in [0.29, 0.717) is 6.54 Å². The molecule has 0 aliphatic carbocycles. The van der Waals surface area contributed by atoms with Gasteiger partial charge in [0.2, 0.25) is 5.82 Å². The molecule has 2 aromatic rings. The van der Waals surface area contributed by atoms with Crippen molar-refractivity contribution in [2.75, 3.05) is 20.3 Å². The second kappa shape index (κ2) is 7.59.